The highest BCUT2D eigenvalue weighted by molar-refractivity contribution is 7.93. The quantitative estimate of drug-likeness (QED) is 0.472. The second-order valence-corrected chi connectivity index (χ2v) is 11.9. The third kappa shape index (κ3) is 5.85. The van der Waals surface area contributed by atoms with E-state index in [-0.39, 0.29) is 12.5 Å². The van der Waals surface area contributed by atoms with Crippen molar-refractivity contribution >= 4 is 22.1 Å². The second-order valence-electron chi connectivity index (χ2n) is 9.90. The van der Waals surface area contributed by atoms with Gasteiger partial charge < -0.3 is 19.1 Å². The first-order valence-corrected chi connectivity index (χ1v) is 13.8. The third-order valence-corrected chi connectivity index (χ3v) is 7.75. The molecule has 0 radical (unpaired) electrons. The molecule has 1 atom stereocenters. The van der Waals surface area contributed by atoms with Crippen LogP contribution in [-0.4, -0.2) is 72.3 Å². The molecule has 1 amide bonds. The number of rotatable bonds is 7. The van der Waals surface area contributed by atoms with Gasteiger partial charge in [0.25, 0.3) is 0 Å². The Hall–Kier alpha value is -3.80. The highest BCUT2D eigenvalue weighted by atomic mass is 32.2. The van der Waals surface area contributed by atoms with E-state index in [1.165, 1.54) is 19.1 Å². The van der Waals surface area contributed by atoms with Gasteiger partial charge in [0.05, 0.1) is 19.5 Å². The normalized spacial score (nSPS) is 16.1. The van der Waals surface area contributed by atoms with Gasteiger partial charge in [-0.3, -0.25) is 9.29 Å². The number of benzene rings is 2. The molecule has 2 heterocycles. The number of carbonyl (C=O) groups excluding carboxylic acids is 1. The standard InChI is InChI=1S/C26H33N5O6S/c1-26(2,3)37-25(32)30-16-10-13-19(17-30)38(33,34)29-24-28-27-23(18-11-7-6-8-12-18)31(24)22-20(35-4)14-9-15-21(22)36-5/h6-9,11-12,14-15,19H,10,13,16-17H2,1-5H3,(H,28,29). The van der Waals surface area contributed by atoms with E-state index in [0.29, 0.717) is 48.0 Å². The van der Waals surface area contributed by atoms with Crippen LogP contribution < -0.4 is 14.2 Å². The maximum absolute atomic E-state index is 13.6. The van der Waals surface area contributed by atoms with Crippen molar-refractivity contribution < 1.29 is 27.4 Å². The Morgan fingerprint density at radius 1 is 1.00 bits per heavy atom. The first-order valence-electron chi connectivity index (χ1n) is 12.3. The summed E-state index contributed by atoms with van der Waals surface area (Å²) in [6, 6.07) is 14.5. The molecule has 204 valence electrons. The molecule has 0 bridgehead atoms. The highest BCUT2D eigenvalue weighted by Crippen LogP contribution is 2.38. The summed E-state index contributed by atoms with van der Waals surface area (Å²) in [6.45, 7) is 5.74. The Morgan fingerprint density at radius 3 is 2.26 bits per heavy atom. The molecule has 1 fully saturated rings. The van der Waals surface area contributed by atoms with Crippen LogP contribution in [0.25, 0.3) is 17.1 Å². The maximum Gasteiger partial charge on any atom is 0.410 e. The molecule has 1 N–H and O–H groups in total. The van der Waals surface area contributed by atoms with Gasteiger partial charge in [-0.15, -0.1) is 10.2 Å². The predicted molar refractivity (Wildman–Crippen MR) is 143 cm³/mol. The number of sulfonamides is 1. The molecule has 11 nitrogen and oxygen atoms in total. The van der Waals surface area contributed by atoms with E-state index in [4.69, 9.17) is 14.2 Å². The molecule has 38 heavy (non-hydrogen) atoms. The van der Waals surface area contributed by atoms with Crippen LogP contribution >= 0.6 is 0 Å². The molecule has 0 spiro atoms. The summed E-state index contributed by atoms with van der Waals surface area (Å²) in [5.74, 6) is 1.25. The van der Waals surface area contributed by atoms with Gasteiger partial charge in [0, 0.05) is 18.7 Å². The number of carbonyl (C=O) groups is 1. The van der Waals surface area contributed by atoms with Crippen molar-refractivity contribution in [1.29, 1.82) is 0 Å². The monoisotopic (exact) mass is 543 g/mol. The number of methoxy groups -OCH3 is 2. The lowest BCUT2D eigenvalue weighted by Crippen LogP contribution is -2.48. The maximum atomic E-state index is 13.6. The van der Waals surface area contributed by atoms with Crippen LogP contribution in [0.2, 0.25) is 0 Å². The number of nitrogens with one attached hydrogen (secondary N) is 1. The zero-order valence-electron chi connectivity index (χ0n) is 22.2. The van der Waals surface area contributed by atoms with Gasteiger partial charge in [-0.2, -0.15) is 0 Å². The number of piperidine rings is 1. The van der Waals surface area contributed by atoms with Crippen molar-refractivity contribution in [1.82, 2.24) is 19.7 Å². The van der Waals surface area contributed by atoms with E-state index in [2.05, 4.69) is 14.9 Å². The Bertz CT molecular complexity index is 1360. The molecular weight excluding hydrogens is 510 g/mol. The van der Waals surface area contributed by atoms with Crippen LogP contribution in [0.1, 0.15) is 33.6 Å². The molecule has 0 saturated carbocycles. The molecule has 4 rings (SSSR count). The third-order valence-electron chi connectivity index (χ3n) is 6.02. The van der Waals surface area contributed by atoms with Crippen molar-refractivity contribution in [2.45, 2.75) is 44.5 Å². The fraction of sp³-hybridized carbons (Fsp3) is 0.423. The summed E-state index contributed by atoms with van der Waals surface area (Å²) in [4.78, 5) is 14.1. The molecule has 1 saturated heterocycles. The van der Waals surface area contributed by atoms with Gasteiger partial charge in [-0.25, -0.2) is 13.2 Å². The Labute approximate surface area is 222 Å². The lowest BCUT2D eigenvalue weighted by atomic mass is 10.1. The summed E-state index contributed by atoms with van der Waals surface area (Å²) in [6.07, 6.45) is 0.366. The number of ether oxygens (including phenoxy) is 3. The van der Waals surface area contributed by atoms with Gasteiger partial charge in [-0.1, -0.05) is 36.4 Å². The minimum Gasteiger partial charge on any atom is -0.494 e. The van der Waals surface area contributed by atoms with Gasteiger partial charge >= 0.3 is 6.09 Å². The van der Waals surface area contributed by atoms with E-state index in [1.54, 1.807) is 43.5 Å². The Balaban J connectivity index is 1.73. The average molecular weight is 544 g/mol. The Morgan fingerprint density at radius 2 is 1.66 bits per heavy atom. The fourth-order valence-corrected chi connectivity index (χ4v) is 5.69. The SMILES string of the molecule is COc1cccc(OC)c1-n1c(NS(=O)(=O)C2CCCN(C(=O)OC(C)(C)C)C2)nnc1-c1ccccc1. The van der Waals surface area contributed by atoms with Crippen molar-refractivity contribution in [2.24, 2.45) is 0 Å². The van der Waals surface area contributed by atoms with Crippen LogP contribution in [-0.2, 0) is 14.8 Å². The number of aromatic nitrogens is 3. The number of para-hydroxylation sites is 1. The van der Waals surface area contributed by atoms with E-state index < -0.39 is 27.0 Å². The summed E-state index contributed by atoms with van der Waals surface area (Å²) in [7, 11) is -0.958. The van der Waals surface area contributed by atoms with E-state index in [1.807, 2.05) is 30.3 Å². The van der Waals surface area contributed by atoms with Crippen LogP contribution in [0, 0.1) is 0 Å². The van der Waals surface area contributed by atoms with Crippen molar-refractivity contribution in [3.8, 4) is 28.6 Å². The van der Waals surface area contributed by atoms with E-state index in [9.17, 15) is 13.2 Å². The number of likely N-dealkylation sites (tertiary alicyclic amines) is 1. The molecule has 3 aromatic rings. The Kier molecular flexibility index (Phi) is 7.81. The minimum absolute atomic E-state index is 0.00189. The summed E-state index contributed by atoms with van der Waals surface area (Å²) >= 11 is 0. The summed E-state index contributed by atoms with van der Waals surface area (Å²) < 4.78 is 48.1. The summed E-state index contributed by atoms with van der Waals surface area (Å²) in [5.41, 5.74) is 0.476. The number of hydrogen-bond acceptors (Lipinski definition) is 8. The number of hydrogen-bond donors (Lipinski definition) is 1. The smallest absolute Gasteiger partial charge is 0.410 e. The zero-order chi connectivity index (χ0) is 27.5. The van der Waals surface area contributed by atoms with Crippen LogP contribution in [0.4, 0.5) is 10.7 Å². The van der Waals surface area contributed by atoms with Crippen LogP contribution in [0.15, 0.2) is 48.5 Å². The molecule has 1 unspecified atom stereocenters. The topological polar surface area (TPSA) is 125 Å². The van der Waals surface area contributed by atoms with Crippen LogP contribution in [0.5, 0.6) is 11.5 Å². The van der Waals surface area contributed by atoms with E-state index in [0.717, 1.165) is 0 Å². The zero-order valence-corrected chi connectivity index (χ0v) is 23.0. The molecule has 2 aromatic carbocycles. The molecule has 1 aromatic heterocycles. The van der Waals surface area contributed by atoms with Crippen molar-refractivity contribution in [3.05, 3.63) is 48.5 Å². The number of amides is 1. The molecule has 1 aliphatic rings. The summed E-state index contributed by atoms with van der Waals surface area (Å²) in [5, 5.41) is 7.66. The van der Waals surface area contributed by atoms with Gasteiger partial charge in [0.2, 0.25) is 16.0 Å². The largest absolute Gasteiger partial charge is 0.494 e. The lowest BCUT2D eigenvalue weighted by Gasteiger charge is -2.33. The van der Waals surface area contributed by atoms with E-state index >= 15 is 0 Å². The second kappa shape index (κ2) is 10.9. The minimum atomic E-state index is -3.99. The molecular formula is C26H33N5O6S. The first kappa shape index (κ1) is 27.2. The number of anilines is 1. The molecule has 1 aliphatic heterocycles. The average Bonchev–Trinajstić information content (AvgIpc) is 3.29. The van der Waals surface area contributed by atoms with Crippen LogP contribution in [0.3, 0.4) is 0 Å². The highest BCUT2D eigenvalue weighted by Gasteiger charge is 2.36. The van der Waals surface area contributed by atoms with Crippen molar-refractivity contribution in [2.75, 3.05) is 32.0 Å². The predicted octanol–water partition coefficient (Wildman–Crippen LogP) is 4.09. The molecule has 12 heteroatoms. The van der Waals surface area contributed by atoms with Crippen molar-refractivity contribution in [3.63, 3.8) is 0 Å². The first-order chi connectivity index (χ1) is 18.0. The van der Waals surface area contributed by atoms with Gasteiger partial charge in [-0.05, 0) is 45.7 Å². The fourth-order valence-electron chi connectivity index (χ4n) is 4.28. The number of nitrogens with zero attached hydrogens (tertiary/aromatic N) is 4. The lowest BCUT2D eigenvalue weighted by molar-refractivity contribution is 0.0219. The van der Waals surface area contributed by atoms with Gasteiger partial charge in [0.1, 0.15) is 22.8 Å². The van der Waals surface area contributed by atoms with Gasteiger partial charge in [0.15, 0.2) is 5.82 Å². The molecule has 0 aliphatic carbocycles.